The van der Waals surface area contributed by atoms with Crippen molar-refractivity contribution >= 4 is 0 Å². The Balaban J connectivity index is 2.31. The molecular formula is C11H24N2O. The molecule has 0 saturated carbocycles. The lowest BCUT2D eigenvalue weighted by Crippen LogP contribution is -2.46. The smallest absolute Gasteiger partial charge is 0.0589 e. The maximum atomic E-state index is 5.11. The zero-order valence-electron chi connectivity index (χ0n) is 9.81. The highest BCUT2D eigenvalue weighted by Crippen LogP contribution is 2.12. The van der Waals surface area contributed by atoms with Crippen LogP contribution in [-0.4, -0.2) is 50.3 Å². The van der Waals surface area contributed by atoms with Crippen molar-refractivity contribution < 1.29 is 4.74 Å². The van der Waals surface area contributed by atoms with Crippen molar-refractivity contribution in [1.29, 1.82) is 0 Å². The molecule has 1 heterocycles. The summed E-state index contributed by atoms with van der Waals surface area (Å²) in [6, 6.07) is 0. The normalized spacial score (nSPS) is 24.2. The third kappa shape index (κ3) is 4.40. The predicted octanol–water partition coefficient (Wildman–Crippen LogP) is 1.10. The van der Waals surface area contributed by atoms with Gasteiger partial charge in [0.05, 0.1) is 6.61 Å². The first-order valence-corrected chi connectivity index (χ1v) is 5.60. The minimum Gasteiger partial charge on any atom is -0.383 e. The van der Waals surface area contributed by atoms with Crippen LogP contribution in [0.5, 0.6) is 0 Å². The van der Waals surface area contributed by atoms with Gasteiger partial charge in [-0.1, -0.05) is 0 Å². The fourth-order valence-electron chi connectivity index (χ4n) is 1.81. The van der Waals surface area contributed by atoms with Crippen molar-refractivity contribution in [2.75, 3.05) is 39.9 Å². The highest BCUT2D eigenvalue weighted by Gasteiger charge is 2.20. The summed E-state index contributed by atoms with van der Waals surface area (Å²) >= 11 is 0. The van der Waals surface area contributed by atoms with Gasteiger partial charge in [0.15, 0.2) is 0 Å². The molecule has 0 aromatic rings. The lowest BCUT2D eigenvalue weighted by atomic mass is 9.99. The second-order valence-corrected chi connectivity index (χ2v) is 4.75. The van der Waals surface area contributed by atoms with Gasteiger partial charge in [0, 0.05) is 19.2 Å². The van der Waals surface area contributed by atoms with E-state index in [4.69, 9.17) is 4.74 Å². The Morgan fingerprint density at radius 3 is 2.86 bits per heavy atom. The molecule has 1 N–H and O–H groups in total. The summed E-state index contributed by atoms with van der Waals surface area (Å²) in [7, 11) is 1.77. The third-order valence-corrected chi connectivity index (χ3v) is 2.92. The minimum atomic E-state index is 0.297. The molecular weight excluding hydrogens is 176 g/mol. The van der Waals surface area contributed by atoms with E-state index in [0.717, 1.165) is 19.7 Å². The molecule has 1 aliphatic heterocycles. The summed E-state index contributed by atoms with van der Waals surface area (Å²) in [5.41, 5.74) is 0.297. The van der Waals surface area contributed by atoms with E-state index >= 15 is 0 Å². The van der Waals surface area contributed by atoms with Crippen LogP contribution < -0.4 is 5.32 Å². The Morgan fingerprint density at radius 2 is 2.14 bits per heavy atom. The molecule has 84 valence electrons. The molecule has 3 nitrogen and oxygen atoms in total. The quantitative estimate of drug-likeness (QED) is 0.738. The maximum absolute atomic E-state index is 5.11. The van der Waals surface area contributed by atoms with Gasteiger partial charge in [-0.2, -0.15) is 0 Å². The molecule has 0 aliphatic carbocycles. The average Bonchev–Trinajstić information content (AvgIpc) is 2.12. The largest absolute Gasteiger partial charge is 0.383 e. The summed E-state index contributed by atoms with van der Waals surface area (Å²) in [4.78, 5) is 2.51. The monoisotopic (exact) mass is 200 g/mol. The number of nitrogens with zero attached hydrogens (tertiary/aromatic N) is 1. The molecule has 1 fully saturated rings. The molecule has 0 aromatic heterocycles. The van der Waals surface area contributed by atoms with Crippen molar-refractivity contribution in [2.24, 2.45) is 0 Å². The number of nitrogens with one attached hydrogen (secondary N) is 1. The van der Waals surface area contributed by atoms with Gasteiger partial charge in [0.1, 0.15) is 0 Å². The maximum Gasteiger partial charge on any atom is 0.0589 e. The van der Waals surface area contributed by atoms with Crippen molar-refractivity contribution in [3.8, 4) is 0 Å². The first-order valence-electron chi connectivity index (χ1n) is 5.60. The van der Waals surface area contributed by atoms with E-state index in [9.17, 15) is 0 Å². The van der Waals surface area contributed by atoms with Crippen LogP contribution in [0.3, 0.4) is 0 Å². The second kappa shape index (κ2) is 5.69. The molecule has 3 heteroatoms. The third-order valence-electron chi connectivity index (χ3n) is 2.92. The summed E-state index contributed by atoms with van der Waals surface area (Å²) < 4.78 is 5.11. The van der Waals surface area contributed by atoms with Crippen LogP contribution >= 0.6 is 0 Å². The summed E-state index contributed by atoms with van der Waals surface area (Å²) in [5, 5.41) is 3.58. The highest BCUT2D eigenvalue weighted by atomic mass is 16.5. The Labute approximate surface area is 87.8 Å². The number of hydrogen-bond donors (Lipinski definition) is 1. The average molecular weight is 200 g/mol. The summed E-state index contributed by atoms with van der Waals surface area (Å²) in [5.74, 6) is 0. The summed E-state index contributed by atoms with van der Waals surface area (Å²) in [6.45, 7) is 10.0. The SMILES string of the molecule is COCCN1CCCNC(C)(C)CC1. The zero-order chi connectivity index (χ0) is 10.4. The van der Waals surface area contributed by atoms with Gasteiger partial charge >= 0.3 is 0 Å². The lowest BCUT2D eigenvalue weighted by Gasteiger charge is -2.33. The van der Waals surface area contributed by atoms with E-state index in [1.165, 1.54) is 25.9 Å². The first-order chi connectivity index (χ1) is 6.64. The first kappa shape index (κ1) is 12.0. The number of rotatable bonds is 3. The van der Waals surface area contributed by atoms with E-state index < -0.39 is 0 Å². The molecule has 0 bridgehead atoms. The molecule has 0 unspecified atom stereocenters. The van der Waals surface area contributed by atoms with E-state index in [1.54, 1.807) is 7.11 Å². The van der Waals surface area contributed by atoms with Crippen LogP contribution in [-0.2, 0) is 4.74 Å². The van der Waals surface area contributed by atoms with Crippen LogP contribution in [0.15, 0.2) is 0 Å². The Kier molecular flexibility index (Phi) is 4.85. The van der Waals surface area contributed by atoms with Gasteiger partial charge < -0.3 is 15.0 Å². The number of methoxy groups -OCH3 is 1. The van der Waals surface area contributed by atoms with E-state index in [2.05, 4.69) is 24.1 Å². The van der Waals surface area contributed by atoms with E-state index in [0.29, 0.717) is 5.54 Å². The molecule has 0 radical (unpaired) electrons. The van der Waals surface area contributed by atoms with Gasteiger partial charge in [0.25, 0.3) is 0 Å². The Hall–Kier alpha value is -0.120. The molecule has 14 heavy (non-hydrogen) atoms. The molecule has 0 spiro atoms. The van der Waals surface area contributed by atoms with Gasteiger partial charge in [-0.3, -0.25) is 0 Å². The molecule has 1 rings (SSSR count). The molecule has 1 saturated heterocycles. The fourth-order valence-corrected chi connectivity index (χ4v) is 1.81. The highest BCUT2D eigenvalue weighted by molar-refractivity contribution is 4.81. The standard InChI is InChI=1S/C11H24N2O/c1-11(2)5-8-13(9-10-14-3)7-4-6-12-11/h12H,4-10H2,1-3H3. The van der Waals surface area contributed by atoms with Gasteiger partial charge in [-0.15, -0.1) is 0 Å². The van der Waals surface area contributed by atoms with Crippen molar-refractivity contribution in [1.82, 2.24) is 10.2 Å². The molecule has 1 aliphatic rings. The summed E-state index contributed by atoms with van der Waals surface area (Å²) in [6.07, 6.45) is 2.46. The van der Waals surface area contributed by atoms with Crippen molar-refractivity contribution in [3.05, 3.63) is 0 Å². The van der Waals surface area contributed by atoms with Crippen LogP contribution in [0.4, 0.5) is 0 Å². The van der Waals surface area contributed by atoms with Crippen LogP contribution in [0.1, 0.15) is 26.7 Å². The van der Waals surface area contributed by atoms with Crippen LogP contribution in [0, 0.1) is 0 Å². The van der Waals surface area contributed by atoms with E-state index in [1.807, 2.05) is 0 Å². The van der Waals surface area contributed by atoms with Crippen molar-refractivity contribution in [2.45, 2.75) is 32.2 Å². The van der Waals surface area contributed by atoms with Gasteiger partial charge in [-0.05, 0) is 46.3 Å². The van der Waals surface area contributed by atoms with Crippen LogP contribution in [0.2, 0.25) is 0 Å². The topological polar surface area (TPSA) is 24.5 Å². The molecule has 0 atom stereocenters. The van der Waals surface area contributed by atoms with E-state index in [-0.39, 0.29) is 0 Å². The molecule has 0 aromatic carbocycles. The minimum absolute atomic E-state index is 0.297. The van der Waals surface area contributed by atoms with Crippen LogP contribution in [0.25, 0.3) is 0 Å². The Bertz CT molecular complexity index is 157. The number of ether oxygens (including phenoxy) is 1. The van der Waals surface area contributed by atoms with Crippen molar-refractivity contribution in [3.63, 3.8) is 0 Å². The second-order valence-electron chi connectivity index (χ2n) is 4.75. The molecule has 0 amide bonds. The van der Waals surface area contributed by atoms with Gasteiger partial charge in [0.2, 0.25) is 0 Å². The number of hydrogen-bond acceptors (Lipinski definition) is 3. The fraction of sp³-hybridized carbons (Fsp3) is 1.00. The lowest BCUT2D eigenvalue weighted by molar-refractivity contribution is 0.132. The Morgan fingerprint density at radius 1 is 1.36 bits per heavy atom. The predicted molar refractivity (Wildman–Crippen MR) is 59.6 cm³/mol. The zero-order valence-corrected chi connectivity index (χ0v) is 9.81. The van der Waals surface area contributed by atoms with Gasteiger partial charge in [-0.25, -0.2) is 0 Å².